The van der Waals surface area contributed by atoms with Gasteiger partial charge < -0.3 is 14.2 Å². The molecule has 0 unspecified atom stereocenters. The van der Waals surface area contributed by atoms with Crippen LogP contribution in [-0.4, -0.2) is 32.3 Å². The van der Waals surface area contributed by atoms with Gasteiger partial charge in [0, 0.05) is 0 Å². The fraction of sp³-hybridized carbons (Fsp3) is 0.364. The number of hydrogen-bond acceptors (Lipinski definition) is 5. The molecule has 0 N–H and O–H groups in total. The minimum atomic E-state index is -0.350. The van der Waals surface area contributed by atoms with Crippen molar-refractivity contribution in [3.63, 3.8) is 0 Å². The van der Waals surface area contributed by atoms with Crippen LogP contribution in [0.25, 0.3) is 11.1 Å². The van der Waals surface area contributed by atoms with Gasteiger partial charge in [0.25, 0.3) is 6.47 Å². The predicted molar refractivity (Wildman–Crippen MR) is 104 cm³/mol. The van der Waals surface area contributed by atoms with Crippen LogP contribution < -0.4 is 4.74 Å². The Kier molecular flexibility index (Phi) is 8.90. The van der Waals surface area contributed by atoms with Crippen molar-refractivity contribution in [3.05, 3.63) is 54.1 Å². The molecule has 0 saturated carbocycles. The quantitative estimate of drug-likeness (QED) is 0.309. The molecule has 0 aliphatic carbocycles. The van der Waals surface area contributed by atoms with Crippen LogP contribution in [0.4, 0.5) is 0 Å². The lowest BCUT2D eigenvalue weighted by Crippen LogP contribution is -2.07. The van der Waals surface area contributed by atoms with Crippen molar-refractivity contribution in [2.45, 2.75) is 32.6 Å². The lowest BCUT2D eigenvalue weighted by Gasteiger charge is -2.08. The molecule has 0 fully saturated rings. The Morgan fingerprint density at radius 3 is 2.11 bits per heavy atom. The molecule has 0 radical (unpaired) electrons. The number of unbranched alkanes of at least 4 members (excludes halogenated alkanes) is 2. The highest BCUT2D eigenvalue weighted by atomic mass is 16.5. The number of rotatable bonds is 12. The number of carbonyl (C=O) groups excluding carboxylic acids is 2. The summed E-state index contributed by atoms with van der Waals surface area (Å²) in [4.78, 5) is 22.0. The molecule has 144 valence electrons. The molecule has 27 heavy (non-hydrogen) atoms. The van der Waals surface area contributed by atoms with Crippen molar-refractivity contribution < 1.29 is 23.8 Å². The second-order valence-corrected chi connectivity index (χ2v) is 6.11. The Balaban J connectivity index is 1.83. The molecule has 0 aromatic heterocycles. The SMILES string of the molecule is CCCCOc1ccc(-c2ccc(C(=O)OCCCCOC=O)cc2)cc1. The molecular formula is C22H26O5. The summed E-state index contributed by atoms with van der Waals surface area (Å²) < 4.78 is 15.5. The third-order valence-corrected chi connectivity index (χ3v) is 4.03. The molecule has 2 aromatic carbocycles. The van der Waals surface area contributed by atoms with Gasteiger partial charge in [0.05, 0.1) is 25.4 Å². The minimum absolute atomic E-state index is 0.308. The first-order valence-electron chi connectivity index (χ1n) is 9.30. The van der Waals surface area contributed by atoms with Crippen molar-refractivity contribution >= 4 is 12.4 Å². The first kappa shape index (κ1) is 20.5. The first-order chi connectivity index (χ1) is 13.2. The summed E-state index contributed by atoms with van der Waals surface area (Å²) in [5.41, 5.74) is 2.60. The zero-order valence-electron chi connectivity index (χ0n) is 15.7. The molecule has 0 spiro atoms. The van der Waals surface area contributed by atoms with E-state index in [2.05, 4.69) is 11.7 Å². The van der Waals surface area contributed by atoms with Gasteiger partial charge in [-0.15, -0.1) is 0 Å². The Morgan fingerprint density at radius 1 is 0.852 bits per heavy atom. The fourth-order valence-corrected chi connectivity index (χ4v) is 2.46. The van der Waals surface area contributed by atoms with Crippen molar-refractivity contribution in [1.82, 2.24) is 0 Å². The van der Waals surface area contributed by atoms with E-state index in [0.717, 1.165) is 36.3 Å². The lowest BCUT2D eigenvalue weighted by molar-refractivity contribution is -0.128. The second kappa shape index (κ2) is 11.7. The molecule has 2 rings (SSSR count). The predicted octanol–water partition coefficient (Wildman–Crippen LogP) is 4.64. The van der Waals surface area contributed by atoms with Crippen LogP contribution in [0.15, 0.2) is 48.5 Å². The van der Waals surface area contributed by atoms with Crippen LogP contribution in [0.5, 0.6) is 5.75 Å². The highest BCUT2D eigenvalue weighted by Gasteiger charge is 2.07. The zero-order chi connectivity index (χ0) is 19.3. The smallest absolute Gasteiger partial charge is 0.338 e. The third-order valence-electron chi connectivity index (χ3n) is 4.03. The van der Waals surface area contributed by atoms with Crippen LogP contribution in [0.2, 0.25) is 0 Å². The van der Waals surface area contributed by atoms with E-state index < -0.39 is 0 Å². The summed E-state index contributed by atoms with van der Waals surface area (Å²) in [6.45, 7) is 3.94. The molecule has 5 nitrogen and oxygen atoms in total. The average molecular weight is 370 g/mol. The Morgan fingerprint density at radius 2 is 1.48 bits per heavy atom. The topological polar surface area (TPSA) is 61.8 Å². The summed E-state index contributed by atoms with van der Waals surface area (Å²) in [5.74, 6) is 0.517. The van der Waals surface area contributed by atoms with Crippen molar-refractivity contribution in [2.24, 2.45) is 0 Å². The lowest BCUT2D eigenvalue weighted by atomic mass is 10.0. The van der Waals surface area contributed by atoms with E-state index in [0.29, 0.717) is 38.1 Å². The minimum Gasteiger partial charge on any atom is -0.494 e. The highest BCUT2D eigenvalue weighted by molar-refractivity contribution is 5.90. The maximum absolute atomic E-state index is 12.0. The van der Waals surface area contributed by atoms with E-state index >= 15 is 0 Å². The van der Waals surface area contributed by atoms with Crippen LogP contribution in [0.1, 0.15) is 43.0 Å². The summed E-state index contributed by atoms with van der Waals surface area (Å²) in [7, 11) is 0. The maximum atomic E-state index is 12.0. The van der Waals surface area contributed by atoms with Crippen molar-refractivity contribution in [1.29, 1.82) is 0 Å². The first-order valence-corrected chi connectivity index (χ1v) is 9.30. The normalized spacial score (nSPS) is 10.3. The highest BCUT2D eigenvalue weighted by Crippen LogP contribution is 2.23. The van der Waals surface area contributed by atoms with E-state index in [1.54, 1.807) is 12.1 Å². The van der Waals surface area contributed by atoms with Gasteiger partial charge in [-0.25, -0.2) is 4.79 Å². The second-order valence-electron chi connectivity index (χ2n) is 6.11. The van der Waals surface area contributed by atoms with Gasteiger partial charge in [-0.2, -0.15) is 0 Å². The molecule has 2 aromatic rings. The number of carbonyl (C=O) groups is 2. The Labute approximate surface area is 160 Å². The molecule has 0 bridgehead atoms. The Hall–Kier alpha value is -2.82. The largest absolute Gasteiger partial charge is 0.494 e. The van der Waals surface area contributed by atoms with E-state index in [4.69, 9.17) is 9.47 Å². The van der Waals surface area contributed by atoms with E-state index in [1.165, 1.54) is 0 Å². The van der Waals surface area contributed by atoms with Gasteiger partial charge in [-0.3, -0.25) is 4.79 Å². The van der Waals surface area contributed by atoms with Crippen molar-refractivity contribution in [3.8, 4) is 16.9 Å². The molecule has 0 saturated heterocycles. The monoisotopic (exact) mass is 370 g/mol. The zero-order valence-corrected chi connectivity index (χ0v) is 15.7. The van der Waals surface area contributed by atoms with Gasteiger partial charge in [-0.1, -0.05) is 37.6 Å². The summed E-state index contributed by atoms with van der Waals surface area (Å²) >= 11 is 0. The average Bonchev–Trinajstić information content (AvgIpc) is 2.71. The molecule has 0 aliphatic rings. The molecule has 0 heterocycles. The van der Waals surface area contributed by atoms with Gasteiger partial charge in [0.1, 0.15) is 5.75 Å². The van der Waals surface area contributed by atoms with Crippen LogP contribution in [-0.2, 0) is 14.3 Å². The number of ether oxygens (including phenoxy) is 3. The molecular weight excluding hydrogens is 344 g/mol. The molecule has 0 aliphatic heterocycles. The van der Waals surface area contributed by atoms with Crippen LogP contribution >= 0.6 is 0 Å². The standard InChI is InChI=1S/C22H26O5/c1-2-3-15-26-21-12-10-19(11-13-21)18-6-8-20(9-7-18)22(24)27-16-5-4-14-25-17-23/h6-13,17H,2-5,14-16H2,1H3. The Bertz CT molecular complexity index is 692. The summed E-state index contributed by atoms with van der Waals surface area (Å²) in [6, 6.07) is 15.3. The van der Waals surface area contributed by atoms with Gasteiger partial charge in [0.2, 0.25) is 0 Å². The number of esters is 1. The van der Waals surface area contributed by atoms with E-state index in [9.17, 15) is 9.59 Å². The van der Waals surface area contributed by atoms with Crippen molar-refractivity contribution in [2.75, 3.05) is 19.8 Å². The summed E-state index contributed by atoms with van der Waals surface area (Å²) in [6.07, 6.45) is 3.49. The van der Waals surface area contributed by atoms with Gasteiger partial charge >= 0.3 is 5.97 Å². The van der Waals surface area contributed by atoms with Crippen LogP contribution in [0.3, 0.4) is 0 Å². The fourth-order valence-electron chi connectivity index (χ4n) is 2.46. The van der Waals surface area contributed by atoms with Gasteiger partial charge in [0.15, 0.2) is 0 Å². The summed E-state index contributed by atoms with van der Waals surface area (Å²) in [5, 5.41) is 0. The van der Waals surface area contributed by atoms with Gasteiger partial charge in [-0.05, 0) is 54.7 Å². The molecule has 0 atom stereocenters. The number of benzene rings is 2. The molecule has 0 amide bonds. The van der Waals surface area contributed by atoms with Crippen LogP contribution in [0, 0.1) is 0 Å². The maximum Gasteiger partial charge on any atom is 0.338 e. The van der Waals surface area contributed by atoms with E-state index in [1.807, 2.05) is 36.4 Å². The number of hydrogen-bond donors (Lipinski definition) is 0. The van der Waals surface area contributed by atoms with E-state index in [-0.39, 0.29) is 5.97 Å². The third kappa shape index (κ3) is 7.13. The molecule has 5 heteroatoms.